The third kappa shape index (κ3) is 4.75. The predicted molar refractivity (Wildman–Crippen MR) is 139 cm³/mol. The molecule has 4 heterocycles. The molecule has 0 radical (unpaired) electrons. The van der Waals surface area contributed by atoms with E-state index in [2.05, 4.69) is 16.4 Å². The van der Waals surface area contributed by atoms with E-state index in [4.69, 9.17) is 10.5 Å². The number of piperidine rings is 1. The number of nitriles is 1. The number of pyridine rings is 1. The SMILES string of the molecule is CCn1c(N2CCC[C@@H](N)C2)c(C(=O)NCCOC)c2c1c(=O)n(Cc1ncccc1C#N)c(=O)n2C. The summed E-state index contributed by atoms with van der Waals surface area (Å²) in [5, 5.41) is 12.3. The Labute approximate surface area is 213 Å². The smallest absolute Gasteiger partial charge is 0.331 e. The molecule has 1 aliphatic rings. The van der Waals surface area contributed by atoms with Gasteiger partial charge < -0.3 is 25.3 Å². The molecule has 0 aromatic carbocycles. The van der Waals surface area contributed by atoms with E-state index >= 15 is 0 Å². The summed E-state index contributed by atoms with van der Waals surface area (Å²) in [5.74, 6) is 0.176. The maximum absolute atomic E-state index is 13.9. The zero-order valence-corrected chi connectivity index (χ0v) is 21.4. The van der Waals surface area contributed by atoms with Gasteiger partial charge in [-0.3, -0.25) is 23.7 Å². The van der Waals surface area contributed by atoms with Crippen LogP contribution >= 0.6 is 0 Å². The molecule has 12 heteroatoms. The van der Waals surface area contributed by atoms with E-state index in [9.17, 15) is 19.6 Å². The summed E-state index contributed by atoms with van der Waals surface area (Å²) in [4.78, 5) is 47.2. The van der Waals surface area contributed by atoms with Crippen molar-refractivity contribution in [3.05, 3.63) is 56.0 Å². The van der Waals surface area contributed by atoms with Crippen molar-refractivity contribution in [2.45, 2.75) is 38.9 Å². The molecule has 0 saturated carbocycles. The highest BCUT2D eigenvalue weighted by Gasteiger charge is 2.32. The van der Waals surface area contributed by atoms with Crippen LogP contribution in [0.15, 0.2) is 27.9 Å². The Hall–Kier alpha value is -3.95. The van der Waals surface area contributed by atoms with Gasteiger partial charge in [0.1, 0.15) is 23.0 Å². The van der Waals surface area contributed by atoms with Crippen LogP contribution in [0.3, 0.4) is 0 Å². The minimum absolute atomic E-state index is 0.0736. The third-order valence-corrected chi connectivity index (χ3v) is 6.72. The fourth-order valence-corrected chi connectivity index (χ4v) is 4.99. The van der Waals surface area contributed by atoms with Gasteiger partial charge in [0.05, 0.1) is 29.9 Å². The Morgan fingerprint density at radius 2 is 2.11 bits per heavy atom. The molecule has 3 N–H and O–H groups in total. The molecule has 0 aliphatic carbocycles. The number of nitrogens with two attached hydrogens (primary N) is 1. The van der Waals surface area contributed by atoms with Gasteiger partial charge in [0.15, 0.2) is 0 Å². The Balaban J connectivity index is 2.00. The van der Waals surface area contributed by atoms with Gasteiger partial charge in [-0.1, -0.05) is 0 Å². The van der Waals surface area contributed by atoms with Gasteiger partial charge in [-0.05, 0) is 31.9 Å². The van der Waals surface area contributed by atoms with Crippen LogP contribution in [0.25, 0.3) is 11.0 Å². The van der Waals surface area contributed by atoms with Crippen molar-refractivity contribution in [1.29, 1.82) is 5.26 Å². The summed E-state index contributed by atoms with van der Waals surface area (Å²) in [5.41, 5.74) is 6.49. The fourth-order valence-electron chi connectivity index (χ4n) is 4.99. The highest BCUT2D eigenvalue weighted by atomic mass is 16.5. The molecule has 196 valence electrons. The van der Waals surface area contributed by atoms with Crippen molar-refractivity contribution < 1.29 is 9.53 Å². The van der Waals surface area contributed by atoms with Gasteiger partial charge >= 0.3 is 5.69 Å². The minimum Gasteiger partial charge on any atom is -0.383 e. The van der Waals surface area contributed by atoms with E-state index in [1.807, 2.05) is 11.8 Å². The number of rotatable bonds is 8. The van der Waals surface area contributed by atoms with Gasteiger partial charge in [-0.15, -0.1) is 0 Å². The summed E-state index contributed by atoms with van der Waals surface area (Å²) >= 11 is 0. The number of carbonyl (C=O) groups excluding carboxylic acids is 1. The molecule has 37 heavy (non-hydrogen) atoms. The molecule has 1 fully saturated rings. The van der Waals surface area contributed by atoms with Crippen LogP contribution in [0.5, 0.6) is 0 Å². The average molecular weight is 509 g/mol. The number of aryl methyl sites for hydroxylation is 2. The first-order valence-corrected chi connectivity index (χ1v) is 12.3. The molecule has 0 spiro atoms. The summed E-state index contributed by atoms with van der Waals surface area (Å²) in [6.07, 6.45) is 3.23. The number of aromatic nitrogens is 4. The molecule has 12 nitrogen and oxygen atoms in total. The highest BCUT2D eigenvalue weighted by molar-refractivity contribution is 6.11. The van der Waals surface area contributed by atoms with E-state index in [1.54, 1.807) is 30.9 Å². The lowest BCUT2D eigenvalue weighted by atomic mass is 10.1. The first-order chi connectivity index (χ1) is 17.8. The maximum Gasteiger partial charge on any atom is 0.331 e. The standard InChI is InChI=1S/C25H32N8O4/c1-4-32-21-20(19(22(34)29-10-12-37-3)23(32)31-11-6-8-17(27)14-31)30(2)25(36)33(24(21)35)15-18-16(13-26)7-5-9-28-18/h5,7,9,17H,4,6,8,10-12,14-15,27H2,1-3H3,(H,29,34)/t17-/m1/s1. The molecule has 1 atom stereocenters. The first-order valence-electron chi connectivity index (χ1n) is 12.3. The maximum atomic E-state index is 13.9. The summed E-state index contributed by atoms with van der Waals surface area (Å²) in [6, 6.07) is 5.19. The predicted octanol–water partition coefficient (Wildman–Crippen LogP) is 0.140. The van der Waals surface area contributed by atoms with Gasteiger partial charge in [0.2, 0.25) is 0 Å². The Bertz CT molecular complexity index is 1480. The number of methoxy groups -OCH3 is 1. The van der Waals surface area contributed by atoms with Gasteiger partial charge in [0.25, 0.3) is 11.5 Å². The van der Waals surface area contributed by atoms with Crippen LogP contribution in [0.4, 0.5) is 5.82 Å². The van der Waals surface area contributed by atoms with Gasteiger partial charge in [0, 0.05) is 52.6 Å². The zero-order chi connectivity index (χ0) is 26.7. The quantitative estimate of drug-likeness (QED) is 0.408. The van der Waals surface area contributed by atoms with Crippen LogP contribution in [-0.4, -0.2) is 64.0 Å². The molecule has 0 unspecified atom stereocenters. The number of amides is 1. The summed E-state index contributed by atoms with van der Waals surface area (Å²) in [7, 11) is 3.09. The van der Waals surface area contributed by atoms with Crippen LogP contribution in [0.1, 0.15) is 41.4 Å². The molecule has 1 saturated heterocycles. The Morgan fingerprint density at radius 1 is 1.32 bits per heavy atom. The van der Waals surface area contributed by atoms with Crippen molar-refractivity contribution in [3.63, 3.8) is 0 Å². The van der Waals surface area contributed by atoms with Crippen LogP contribution in [0.2, 0.25) is 0 Å². The lowest BCUT2D eigenvalue weighted by Gasteiger charge is -2.33. The van der Waals surface area contributed by atoms with E-state index in [-0.39, 0.29) is 41.3 Å². The summed E-state index contributed by atoms with van der Waals surface area (Å²) in [6.45, 7) is 3.90. The normalized spacial score (nSPS) is 15.6. The Morgan fingerprint density at radius 3 is 2.78 bits per heavy atom. The molecule has 3 aromatic rings. The summed E-state index contributed by atoms with van der Waals surface area (Å²) < 4.78 is 9.26. The van der Waals surface area contributed by atoms with E-state index in [0.717, 1.165) is 17.4 Å². The van der Waals surface area contributed by atoms with E-state index in [0.29, 0.717) is 37.8 Å². The number of nitrogens with one attached hydrogen (secondary N) is 1. The lowest BCUT2D eigenvalue weighted by molar-refractivity contribution is 0.0938. The number of hydrogen-bond acceptors (Lipinski definition) is 8. The van der Waals surface area contributed by atoms with Gasteiger partial charge in [-0.25, -0.2) is 4.79 Å². The molecule has 1 amide bonds. The topological polar surface area (TPSA) is 153 Å². The average Bonchev–Trinajstić information content (AvgIpc) is 3.26. The number of anilines is 1. The number of fused-ring (bicyclic) bond motifs is 1. The Kier molecular flexibility index (Phi) is 7.75. The first kappa shape index (κ1) is 26.1. The fraction of sp³-hybridized carbons (Fsp3) is 0.480. The third-order valence-electron chi connectivity index (χ3n) is 6.72. The second kappa shape index (κ2) is 11.0. The number of ether oxygens (including phenoxy) is 1. The highest BCUT2D eigenvalue weighted by Crippen LogP contribution is 2.32. The van der Waals surface area contributed by atoms with E-state index in [1.165, 1.54) is 10.8 Å². The van der Waals surface area contributed by atoms with Crippen molar-refractivity contribution in [2.24, 2.45) is 12.8 Å². The van der Waals surface area contributed by atoms with Crippen LogP contribution < -0.4 is 27.2 Å². The molecule has 3 aromatic heterocycles. The van der Waals surface area contributed by atoms with Crippen molar-refractivity contribution in [2.75, 3.05) is 38.3 Å². The van der Waals surface area contributed by atoms with Crippen LogP contribution in [0, 0.1) is 11.3 Å². The second-order valence-corrected chi connectivity index (χ2v) is 9.08. The zero-order valence-electron chi connectivity index (χ0n) is 21.4. The molecule has 4 rings (SSSR count). The van der Waals surface area contributed by atoms with Gasteiger partial charge in [-0.2, -0.15) is 5.26 Å². The molecule has 0 bridgehead atoms. The molecular formula is C25H32N8O4. The number of carbonyl (C=O) groups is 1. The number of nitrogens with zero attached hydrogens (tertiary/aromatic N) is 6. The lowest BCUT2D eigenvalue weighted by Crippen LogP contribution is -2.44. The monoisotopic (exact) mass is 508 g/mol. The van der Waals surface area contributed by atoms with E-state index < -0.39 is 17.2 Å². The minimum atomic E-state index is -0.604. The second-order valence-electron chi connectivity index (χ2n) is 9.08. The number of hydrogen-bond donors (Lipinski definition) is 2. The molecular weight excluding hydrogens is 476 g/mol. The van der Waals surface area contributed by atoms with Crippen LogP contribution in [-0.2, 0) is 24.9 Å². The largest absolute Gasteiger partial charge is 0.383 e. The van der Waals surface area contributed by atoms with Crippen molar-refractivity contribution in [1.82, 2.24) is 24.0 Å². The van der Waals surface area contributed by atoms with Crippen molar-refractivity contribution >= 4 is 22.8 Å². The van der Waals surface area contributed by atoms with Crippen molar-refractivity contribution in [3.8, 4) is 6.07 Å². The molecule has 1 aliphatic heterocycles.